The number of nitrogens with zero attached hydrogens (tertiary/aromatic N) is 3. The molecule has 0 spiro atoms. The molecule has 0 saturated heterocycles. The van der Waals surface area contributed by atoms with Crippen LogP contribution in [-0.4, -0.2) is 27.5 Å². The Hall–Kier alpha value is -1.59. The van der Waals surface area contributed by atoms with Crippen molar-refractivity contribution >= 4 is 34.8 Å². The van der Waals surface area contributed by atoms with E-state index in [1.165, 1.54) is 5.56 Å². The number of rotatable bonds is 5. The third-order valence-electron chi connectivity index (χ3n) is 2.58. The Labute approximate surface area is 127 Å². The third-order valence-corrected chi connectivity index (χ3v) is 2.92. The van der Waals surface area contributed by atoms with Crippen LogP contribution in [0.2, 0.25) is 10.6 Å². The summed E-state index contributed by atoms with van der Waals surface area (Å²) < 4.78 is 0. The minimum absolute atomic E-state index is 0.0757. The lowest BCUT2D eigenvalue weighted by Crippen LogP contribution is -2.25. The summed E-state index contributed by atoms with van der Waals surface area (Å²) in [6.45, 7) is 4.74. The monoisotopic (exact) mass is 311 g/mol. The topological polar surface area (TPSA) is 62.7 Å². The lowest BCUT2D eigenvalue weighted by Gasteiger charge is -2.16. The zero-order valence-corrected chi connectivity index (χ0v) is 12.7. The Morgan fingerprint density at radius 1 is 1.15 bits per heavy atom. The highest BCUT2D eigenvalue weighted by Gasteiger charge is 2.06. The molecule has 0 aliphatic heterocycles. The molecule has 0 bridgehead atoms. The minimum atomic E-state index is 0.0757. The number of hydrogen-bond acceptors (Lipinski definition) is 5. The van der Waals surface area contributed by atoms with E-state index in [1.807, 2.05) is 12.1 Å². The predicted octanol–water partition coefficient (Wildman–Crippen LogP) is 3.40. The highest BCUT2D eigenvalue weighted by molar-refractivity contribution is 6.31. The lowest BCUT2D eigenvalue weighted by atomic mass is 10.2. The first-order valence-electron chi connectivity index (χ1n) is 6.17. The Morgan fingerprint density at radius 3 is 2.50 bits per heavy atom. The third kappa shape index (κ3) is 4.51. The number of hydrogen-bond donors (Lipinski definition) is 2. The van der Waals surface area contributed by atoms with Gasteiger partial charge in [0.15, 0.2) is 0 Å². The normalized spacial score (nSPS) is 12.0. The van der Waals surface area contributed by atoms with Gasteiger partial charge in [0, 0.05) is 18.3 Å². The quantitative estimate of drug-likeness (QED) is 0.886. The highest BCUT2D eigenvalue weighted by Crippen LogP contribution is 2.12. The SMILES string of the molecule is Cc1cccc(NC(C)CNc2nc(Cl)nc(Cl)n2)c1. The summed E-state index contributed by atoms with van der Waals surface area (Å²) in [6, 6.07) is 8.38. The van der Waals surface area contributed by atoms with Crippen LogP contribution in [0.15, 0.2) is 24.3 Å². The first-order valence-corrected chi connectivity index (χ1v) is 6.92. The van der Waals surface area contributed by atoms with Crippen molar-refractivity contribution in [2.45, 2.75) is 19.9 Å². The van der Waals surface area contributed by atoms with Crippen molar-refractivity contribution in [1.82, 2.24) is 15.0 Å². The van der Waals surface area contributed by atoms with Gasteiger partial charge in [0.05, 0.1) is 0 Å². The van der Waals surface area contributed by atoms with Crippen LogP contribution >= 0.6 is 23.2 Å². The van der Waals surface area contributed by atoms with Gasteiger partial charge in [0.2, 0.25) is 16.5 Å². The summed E-state index contributed by atoms with van der Waals surface area (Å²) in [5.74, 6) is 0.368. The van der Waals surface area contributed by atoms with E-state index in [0.717, 1.165) is 5.69 Å². The van der Waals surface area contributed by atoms with Crippen molar-refractivity contribution < 1.29 is 0 Å². The molecular formula is C13H15Cl2N5. The predicted molar refractivity (Wildman–Crippen MR) is 82.6 cm³/mol. The first kappa shape index (κ1) is 14.8. The molecule has 0 aliphatic carbocycles. The Bertz CT molecular complexity index is 570. The second-order valence-electron chi connectivity index (χ2n) is 4.49. The molecule has 1 aromatic carbocycles. The van der Waals surface area contributed by atoms with Crippen molar-refractivity contribution in [2.75, 3.05) is 17.2 Å². The second-order valence-corrected chi connectivity index (χ2v) is 5.17. The van der Waals surface area contributed by atoms with Crippen LogP contribution in [0.25, 0.3) is 0 Å². The van der Waals surface area contributed by atoms with Gasteiger partial charge in [-0.3, -0.25) is 0 Å². The summed E-state index contributed by atoms with van der Waals surface area (Å²) in [7, 11) is 0. The molecule has 2 rings (SSSR count). The molecule has 2 aromatic rings. The van der Waals surface area contributed by atoms with Crippen LogP contribution < -0.4 is 10.6 Å². The van der Waals surface area contributed by atoms with Crippen LogP contribution in [0, 0.1) is 6.92 Å². The van der Waals surface area contributed by atoms with E-state index in [-0.39, 0.29) is 16.6 Å². The zero-order chi connectivity index (χ0) is 14.5. The Balaban J connectivity index is 1.90. The van der Waals surface area contributed by atoms with Gasteiger partial charge in [-0.05, 0) is 54.7 Å². The van der Waals surface area contributed by atoms with Crippen molar-refractivity contribution in [2.24, 2.45) is 0 Å². The molecule has 5 nitrogen and oxygen atoms in total. The van der Waals surface area contributed by atoms with Crippen LogP contribution in [0.1, 0.15) is 12.5 Å². The van der Waals surface area contributed by atoms with Gasteiger partial charge in [-0.1, -0.05) is 12.1 Å². The summed E-state index contributed by atoms with van der Waals surface area (Å²) in [4.78, 5) is 11.6. The molecule has 0 aliphatic rings. The van der Waals surface area contributed by atoms with Crippen molar-refractivity contribution in [1.29, 1.82) is 0 Å². The molecule has 1 aromatic heterocycles. The largest absolute Gasteiger partial charge is 0.381 e. The van der Waals surface area contributed by atoms with Gasteiger partial charge in [0.1, 0.15) is 0 Å². The van der Waals surface area contributed by atoms with Crippen LogP contribution in [0.5, 0.6) is 0 Å². The maximum absolute atomic E-state index is 5.71. The first-order chi connectivity index (χ1) is 9.52. The van der Waals surface area contributed by atoms with Gasteiger partial charge in [-0.2, -0.15) is 15.0 Å². The van der Waals surface area contributed by atoms with E-state index in [9.17, 15) is 0 Å². The van der Waals surface area contributed by atoms with E-state index in [2.05, 4.69) is 51.6 Å². The van der Waals surface area contributed by atoms with Gasteiger partial charge in [-0.25, -0.2) is 0 Å². The maximum Gasteiger partial charge on any atom is 0.228 e. The fourth-order valence-electron chi connectivity index (χ4n) is 1.72. The maximum atomic E-state index is 5.71. The zero-order valence-electron chi connectivity index (χ0n) is 11.2. The minimum Gasteiger partial charge on any atom is -0.381 e. The molecule has 106 valence electrons. The van der Waals surface area contributed by atoms with E-state index < -0.39 is 0 Å². The van der Waals surface area contributed by atoms with E-state index in [0.29, 0.717) is 12.5 Å². The van der Waals surface area contributed by atoms with Crippen LogP contribution in [-0.2, 0) is 0 Å². The standard InChI is InChI=1S/C13H15Cl2N5/c1-8-4-3-5-10(6-8)17-9(2)7-16-13-19-11(14)18-12(15)20-13/h3-6,9,17H,7H2,1-2H3,(H,16,18,19,20). The van der Waals surface area contributed by atoms with Gasteiger partial charge in [-0.15, -0.1) is 0 Å². The van der Waals surface area contributed by atoms with E-state index in [1.54, 1.807) is 0 Å². The van der Waals surface area contributed by atoms with Gasteiger partial charge in [0.25, 0.3) is 0 Å². The smallest absolute Gasteiger partial charge is 0.228 e. The van der Waals surface area contributed by atoms with E-state index >= 15 is 0 Å². The lowest BCUT2D eigenvalue weighted by molar-refractivity contribution is 0.823. The molecular weight excluding hydrogens is 297 g/mol. The number of nitrogens with one attached hydrogen (secondary N) is 2. The van der Waals surface area contributed by atoms with Crippen LogP contribution in [0.4, 0.5) is 11.6 Å². The molecule has 0 fully saturated rings. The Morgan fingerprint density at radius 2 is 1.85 bits per heavy atom. The number of benzene rings is 1. The summed E-state index contributed by atoms with van der Waals surface area (Å²) in [6.07, 6.45) is 0. The molecule has 7 heteroatoms. The summed E-state index contributed by atoms with van der Waals surface area (Å²) >= 11 is 11.4. The Kier molecular flexibility index (Phi) is 4.98. The average Bonchev–Trinajstić information content (AvgIpc) is 2.35. The fraction of sp³-hybridized carbons (Fsp3) is 0.308. The number of aryl methyl sites for hydroxylation is 1. The van der Waals surface area contributed by atoms with Crippen molar-refractivity contribution in [3.63, 3.8) is 0 Å². The van der Waals surface area contributed by atoms with Crippen molar-refractivity contribution in [3.05, 3.63) is 40.4 Å². The molecule has 0 radical (unpaired) electrons. The average molecular weight is 312 g/mol. The molecule has 1 heterocycles. The number of aromatic nitrogens is 3. The molecule has 2 N–H and O–H groups in total. The molecule has 1 unspecified atom stereocenters. The van der Waals surface area contributed by atoms with E-state index in [4.69, 9.17) is 23.2 Å². The summed E-state index contributed by atoms with van der Waals surface area (Å²) in [5, 5.41) is 6.60. The van der Waals surface area contributed by atoms with Gasteiger partial charge < -0.3 is 10.6 Å². The van der Waals surface area contributed by atoms with Gasteiger partial charge >= 0.3 is 0 Å². The fourth-order valence-corrected chi connectivity index (χ4v) is 2.08. The van der Waals surface area contributed by atoms with Crippen molar-refractivity contribution in [3.8, 4) is 0 Å². The van der Waals surface area contributed by atoms with Crippen LogP contribution in [0.3, 0.4) is 0 Å². The highest BCUT2D eigenvalue weighted by atomic mass is 35.5. The second kappa shape index (κ2) is 6.72. The molecule has 1 atom stereocenters. The molecule has 20 heavy (non-hydrogen) atoms. The number of anilines is 2. The molecule has 0 amide bonds. The summed E-state index contributed by atoms with van der Waals surface area (Å²) in [5.41, 5.74) is 2.29. The number of halogens is 2. The molecule has 0 saturated carbocycles.